The van der Waals surface area contributed by atoms with Gasteiger partial charge in [0.2, 0.25) is 0 Å². The van der Waals surface area contributed by atoms with Crippen LogP contribution in [0.5, 0.6) is 11.5 Å². The fourth-order valence-electron chi connectivity index (χ4n) is 2.77. The number of nitrogens with zero attached hydrogens (tertiary/aromatic N) is 4. The van der Waals surface area contributed by atoms with Gasteiger partial charge in [-0.05, 0) is 42.0 Å². The molecule has 2 aromatic carbocycles. The maximum atomic E-state index is 6.25. The monoisotopic (exact) mass is 412 g/mol. The van der Waals surface area contributed by atoms with Gasteiger partial charge >= 0.3 is 0 Å². The van der Waals surface area contributed by atoms with Crippen molar-refractivity contribution in [1.29, 1.82) is 0 Å². The van der Waals surface area contributed by atoms with E-state index in [4.69, 9.17) is 26.2 Å². The predicted octanol–water partition coefficient (Wildman–Crippen LogP) is 4.75. The van der Waals surface area contributed by atoms with Gasteiger partial charge < -0.3 is 9.47 Å². The smallest absolute Gasteiger partial charge is 0.185 e. The number of hydrogen-bond donors (Lipinski definition) is 0. The van der Waals surface area contributed by atoms with Gasteiger partial charge in [0.25, 0.3) is 0 Å². The SMILES string of the molecule is COc1ccc(-c2nnc3ccc(SCc4ccccc4Cl)nn23)cc1OC. The average molecular weight is 413 g/mol. The van der Waals surface area contributed by atoms with Gasteiger partial charge in [0.15, 0.2) is 23.0 Å². The lowest BCUT2D eigenvalue weighted by Crippen LogP contribution is -1.98. The molecule has 2 heterocycles. The lowest BCUT2D eigenvalue weighted by Gasteiger charge is -2.09. The molecule has 0 unspecified atom stereocenters. The molecule has 4 aromatic rings. The summed E-state index contributed by atoms with van der Waals surface area (Å²) in [5, 5.41) is 14.8. The predicted molar refractivity (Wildman–Crippen MR) is 110 cm³/mol. The molecule has 0 aliphatic rings. The standard InChI is InChI=1S/C20H17ClN4O2S/c1-26-16-8-7-13(11-17(16)27-2)20-23-22-18-9-10-19(24-25(18)20)28-12-14-5-3-4-6-15(14)21/h3-11H,12H2,1-2H3. The molecule has 0 atom stereocenters. The van der Waals surface area contributed by atoms with Crippen LogP contribution in [0.15, 0.2) is 59.6 Å². The molecule has 8 heteroatoms. The van der Waals surface area contributed by atoms with Gasteiger partial charge in [-0.25, -0.2) is 0 Å². The molecule has 28 heavy (non-hydrogen) atoms. The normalized spacial score (nSPS) is 11.0. The second kappa shape index (κ2) is 8.08. The van der Waals surface area contributed by atoms with E-state index < -0.39 is 0 Å². The molecule has 0 amide bonds. The van der Waals surface area contributed by atoms with Crippen LogP contribution in [-0.4, -0.2) is 34.0 Å². The molecule has 4 rings (SSSR count). The summed E-state index contributed by atoms with van der Waals surface area (Å²) in [4.78, 5) is 0. The number of fused-ring (bicyclic) bond motifs is 1. The van der Waals surface area contributed by atoms with Crippen molar-refractivity contribution in [2.45, 2.75) is 10.8 Å². The molecule has 0 saturated heterocycles. The highest BCUT2D eigenvalue weighted by Crippen LogP contribution is 2.32. The number of thioether (sulfide) groups is 1. The zero-order valence-electron chi connectivity index (χ0n) is 15.3. The summed E-state index contributed by atoms with van der Waals surface area (Å²) in [6.07, 6.45) is 0. The summed E-state index contributed by atoms with van der Waals surface area (Å²) in [5.41, 5.74) is 2.58. The van der Waals surface area contributed by atoms with Gasteiger partial charge in [0, 0.05) is 16.3 Å². The zero-order chi connectivity index (χ0) is 19.5. The van der Waals surface area contributed by atoms with Crippen molar-refractivity contribution in [2.24, 2.45) is 0 Å². The Morgan fingerprint density at radius 2 is 1.79 bits per heavy atom. The molecular weight excluding hydrogens is 396 g/mol. The fraction of sp³-hybridized carbons (Fsp3) is 0.150. The molecule has 0 aliphatic heterocycles. The maximum absolute atomic E-state index is 6.25. The van der Waals surface area contributed by atoms with Crippen LogP contribution in [0, 0.1) is 0 Å². The Labute approximate surface area is 171 Å². The number of aromatic nitrogens is 4. The van der Waals surface area contributed by atoms with Crippen LogP contribution in [0.3, 0.4) is 0 Å². The minimum absolute atomic E-state index is 0.626. The maximum Gasteiger partial charge on any atom is 0.185 e. The first-order valence-electron chi connectivity index (χ1n) is 8.50. The fourth-order valence-corrected chi connectivity index (χ4v) is 3.91. The van der Waals surface area contributed by atoms with Crippen LogP contribution >= 0.6 is 23.4 Å². The lowest BCUT2D eigenvalue weighted by molar-refractivity contribution is 0.355. The second-order valence-electron chi connectivity index (χ2n) is 5.92. The Hall–Kier alpha value is -2.77. The summed E-state index contributed by atoms with van der Waals surface area (Å²) in [7, 11) is 3.21. The van der Waals surface area contributed by atoms with E-state index in [1.807, 2.05) is 54.6 Å². The van der Waals surface area contributed by atoms with Gasteiger partial charge in [0.05, 0.1) is 14.2 Å². The highest BCUT2D eigenvalue weighted by Gasteiger charge is 2.13. The molecule has 0 fully saturated rings. The Morgan fingerprint density at radius 3 is 2.57 bits per heavy atom. The summed E-state index contributed by atoms with van der Waals surface area (Å²) in [6.45, 7) is 0. The number of benzene rings is 2. The molecule has 6 nitrogen and oxygen atoms in total. The lowest BCUT2D eigenvalue weighted by atomic mass is 10.2. The summed E-state index contributed by atoms with van der Waals surface area (Å²) >= 11 is 7.85. The van der Waals surface area contributed by atoms with Gasteiger partial charge in [0.1, 0.15) is 5.03 Å². The first kappa shape index (κ1) is 18.6. The van der Waals surface area contributed by atoms with E-state index >= 15 is 0 Å². The highest BCUT2D eigenvalue weighted by molar-refractivity contribution is 7.98. The Bertz CT molecular complexity index is 1130. The largest absolute Gasteiger partial charge is 0.493 e. The Balaban J connectivity index is 1.66. The number of halogens is 1. The number of rotatable bonds is 6. The minimum Gasteiger partial charge on any atom is -0.493 e. The summed E-state index contributed by atoms with van der Waals surface area (Å²) in [6, 6.07) is 17.3. The zero-order valence-corrected chi connectivity index (χ0v) is 16.9. The van der Waals surface area contributed by atoms with E-state index in [1.165, 1.54) is 0 Å². The number of methoxy groups -OCH3 is 2. The van der Waals surface area contributed by atoms with Crippen LogP contribution in [0.4, 0.5) is 0 Å². The average Bonchev–Trinajstić information content (AvgIpc) is 3.16. The third-order valence-electron chi connectivity index (χ3n) is 4.21. The van der Waals surface area contributed by atoms with Crippen molar-refractivity contribution in [3.05, 3.63) is 65.2 Å². The summed E-state index contributed by atoms with van der Waals surface area (Å²) < 4.78 is 12.4. The molecule has 0 bridgehead atoms. The van der Waals surface area contributed by atoms with Crippen LogP contribution in [0.1, 0.15) is 5.56 Å². The third kappa shape index (κ3) is 3.63. The Morgan fingerprint density at radius 1 is 0.964 bits per heavy atom. The van der Waals surface area contributed by atoms with Crippen molar-refractivity contribution in [2.75, 3.05) is 14.2 Å². The van der Waals surface area contributed by atoms with E-state index in [9.17, 15) is 0 Å². The molecule has 142 valence electrons. The third-order valence-corrected chi connectivity index (χ3v) is 5.55. The molecular formula is C20H17ClN4O2S. The van der Waals surface area contributed by atoms with Crippen LogP contribution in [0.2, 0.25) is 5.02 Å². The minimum atomic E-state index is 0.626. The van der Waals surface area contributed by atoms with Gasteiger partial charge in [-0.3, -0.25) is 0 Å². The van der Waals surface area contributed by atoms with E-state index in [0.29, 0.717) is 23.0 Å². The van der Waals surface area contributed by atoms with Crippen molar-refractivity contribution in [3.63, 3.8) is 0 Å². The van der Waals surface area contributed by atoms with Crippen molar-refractivity contribution < 1.29 is 9.47 Å². The molecule has 2 aromatic heterocycles. The molecule has 0 aliphatic carbocycles. The molecule has 0 radical (unpaired) electrons. The van der Waals surface area contributed by atoms with Gasteiger partial charge in [-0.2, -0.15) is 9.61 Å². The molecule has 0 saturated carbocycles. The van der Waals surface area contributed by atoms with Gasteiger partial charge in [-0.15, -0.1) is 10.2 Å². The summed E-state index contributed by atoms with van der Waals surface area (Å²) in [5.74, 6) is 2.65. The van der Waals surface area contributed by atoms with E-state index in [2.05, 4.69) is 10.2 Å². The highest BCUT2D eigenvalue weighted by atomic mass is 35.5. The topological polar surface area (TPSA) is 61.5 Å². The van der Waals surface area contributed by atoms with Crippen LogP contribution in [0.25, 0.3) is 17.0 Å². The van der Waals surface area contributed by atoms with Crippen LogP contribution in [-0.2, 0) is 5.75 Å². The van der Waals surface area contributed by atoms with Crippen LogP contribution < -0.4 is 9.47 Å². The molecule has 0 spiro atoms. The molecule has 0 N–H and O–H groups in total. The van der Waals surface area contributed by atoms with Crippen molar-refractivity contribution >= 4 is 29.0 Å². The number of ether oxygens (including phenoxy) is 2. The quantitative estimate of drug-likeness (QED) is 0.426. The Kier molecular flexibility index (Phi) is 5.36. The van der Waals surface area contributed by atoms with Crippen molar-refractivity contribution in [1.82, 2.24) is 19.8 Å². The van der Waals surface area contributed by atoms with Gasteiger partial charge in [-0.1, -0.05) is 41.6 Å². The van der Waals surface area contributed by atoms with E-state index in [1.54, 1.807) is 30.5 Å². The van der Waals surface area contributed by atoms with Crippen molar-refractivity contribution in [3.8, 4) is 22.9 Å². The second-order valence-corrected chi connectivity index (χ2v) is 7.32. The first-order valence-corrected chi connectivity index (χ1v) is 9.87. The van der Waals surface area contributed by atoms with E-state index in [-0.39, 0.29) is 0 Å². The number of hydrogen-bond acceptors (Lipinski definition) is 6. The first-order chi connectivity index (χ1) is 13.7. The van der Waals surface area contributed by atoms with E-state index in [0.717, 1.165) is 26.9 Å².